The number of hydrogen-bond donors (Lipinski definition) is 1. The van der Waals surface area contributed by atoms with Gasteiger partial charge in [-0.25, -0.2) is 14.2 Å². The lowest BCUT2D eigenvalue weighted by molar-refractivity contribution is -0.144. The molecule has 8 nitrogen and oxygen atoms in total. The highest BCUT2D eigenvalue weighted by molar-refractivity contribution is 6.08. The molecule has 1 N–H and O–H groups in total. The van der Waals surface area contributed by atoms with E-state index in [0.717, 1.165) is 17.3 Å². The second-order valence-corrected chi connectivity index (χ2v) is 7.88. The summed E-state index contributed by atoms with van der Waals surface area (Å²) in [6.07, 6.45) is -3.50. The highest BCUT2D eigenvalue weighted by atomic mass is 19.4. The van der Waals surface area contributed by atoms with Crippen molar-refractivity contribution in [2.24, 2.45) is 5.10 Å². The van der Waals surface area contributed by atoms with Crippen LogP contribution in [0.5, 0.6) is 0 Å². The van der Waals surface area contributed by atoms with Gasteiger partial charge in [0.05, 0.1) is 30.9 Å². The van der Waals surface area contributed by atoms with Crippen LogP contribution in [0, 0.1) is 5.82 Å². The van der Waals surface area contributed by atoms with Crippen LogP contribution < -0.4 is 5.32 Å². The van der Waals surface area contributed by atoms with E-state index in [2.05, 4.69) is 15.4 Å². The molecule has 1 aromatic heterocycles. The van der Waals surface area contributed by atoms with Crippen LogP contribution >= 0.6 is 0 Å². The number of nitrogens with zero attached hydrogens (tertiary/aromatic N) is 4. The third-order valence-electron chi connectivity index (χ3n) is 5.58. The van der Waals surface area contributed by atoms with Gasteiger partial charge >= 0.3 is 12.2 Å². The van der Waals surface area contributed by atoms with E-state index in [-0.39, 0.29) is 19.1 Å². The Morgan fingerprint density at radius 2 is 1.94 bits per heavy atom. The number of rotatable bonds is 4. The van der Waals surface area contributed by atoms with Crippen molar-refractivity contribution in [2.45, 2.75) is 25.2 Å². The van der Waals surface area contributed by atoms with Crippen molar-refractivity contribution in [2.75, 3.05) is 26.3 Å². The second kappa shape index (κ2) is 9.37. The smallest absolute Gasteiger partial charge is 0.370 e. The van der Waals surface area contributed by atoms with Crippen molar-refractivity contribution in [1.29, 1.82) is 0 Å². The van der Waals surface area contributed by atoms with Gasteiger partial charge in [0, 0.05) is 18.3 Å². The maximum Gasteiger partial charge on any atom is 0.433 e. The van der Waals surface area contributed by atoms with Crippen molar-refractivity contribution in [3.63, 3.8) is 0 Å². The van der Waals surface area contributed by atoms with Gasteiger partial charge in [0.2, 0.25) is 5.91 Å². The van der Waals surface area contributed by atoms with Gasteiger partial charge in [-0.2, -0.15) is 18.3 Å². The average Bonchev–Trinajstić information content (AvgIpc) is 3.25. The number of benzene rings is 1. The number of ether oxygens (including phenoxy) is 1. The Hall–Kier alpha value is -3.54. The number of carbonyl (C=O) groups excluding carboxylic acids is 2. The van der Waals surface area contributed by atoms with Gasteiger partial charge in [-0.05, 0) is 30.7 Å². The number of amides is 3. The Bertz CT molecular complexity index is 1090. The summed E-state index contributed by atoms with van der Waals surface area (Å²) < 4.78 is 56.8. The predicted octanol–water partition coefficient (Wildman–Crippen LogP) is 2.96. The molecule has 2 atom stereocenters. The van der Waals surface area contributed by atoms with E-state index in [9.17, 15) is 27.2 Å². The van der Waals surface area contributed by atoms with Gasteiger partial charge in [-0.1, -0.05) is 18.2 Å². The molecule has 1 saturated heterocycles. The molecule has 0 unspecified atom stereocenters. The molecule has 34 heavy (non-hydrogen) atoms. The fraction of sp³-hybridized carbons (Fsp3) is 0.364. The van der Waals surface area contributed by atoms with E-state index in [1.807, 2.05) is 0 Å². The van der Waals surface area contributed by atoms with Crippen LogP contribution in [0.15, 0.2) is 47.7 Å². The molecule has 0 bridgehead atoms. The molecule has 0 spiro atoms. The molecule has 1 aromatic carbocycles. The Morgan fingerprint density at radius 1 is 1.21 bits per heavy atom. The monoisotopic (exact) mass is 479 g/mol. The van der Waals surface area contributed by atoms with Crippen molar-refractivity contribution in [3.8, 4) is 0 Å². The summed E-state index contributed by atoms with van der Waals surface area (Å²) in [7, 11) is 0. The summed E-state index contributed by atoms with van der Waals surface area (Å²) in [4.78, 5) is 30.3. The number of nitrogens with one attached hydrogen (secondary N) is 1. The molecule has 0 aliphatic carbocycles. The fourth-order valence-electron chi connectivity index (χ4n) is 3.76. The summed E-state index contributed by atoms with van der Waals surface area (Å²) in [6.45, 7) is 2.22. The van der Waals surface area contributed by atoms with Crippen LogP contribution in [-0.2, 0) is 15.7 Å². The number of hydrogen-bond acceptors (Lipinski definition) is 5. The molecule has 2 aliphatic rings. The van der Waals surface area contributed by atoms with Gasteiger partial charge in [-0.15, -0.1) is 0 Å². The van der Waals surface area contributed by atoms with Gasteiger partial charge in [0.15, 0.2) is 0 Å². The zero-order valence-corrected chi connectivity index (χ0v) is 18.1. The highest BCUT2D eigenvalue weighted by Gasteiger charge is 2.39. The normalized spacial score (nSPS) is 19.7. The molecule has 3 heterocycles. The molecule has 1 fully saturated rings. The molecular formula is C22H21F4N5O3. The van der Waals surface area contributed by atoms with Crippen LogP contribution in [0.4, 0.5) is 22.4 Å². The van der Waals surface area contributed by atoms with Gasteiger partial charge in [-0.3, -0.25) is 9.78 Å². The van der Waals surface area contributed by atoms with Crippen LogP contribution in [0.3, 0.4) is 0 Å². The summed E-state index contributed by atoms with van der Waals surface area (Å²) >= 11 is 0. The average molecular weight is 479 g/mol. The van der Waals surface area contributed by atoms with Crippen LogP contribution in [-0.4, -0.2) is 64.9 Å². The largest absolute Gasteiger partial charge is 0.433 e. The molecule has 180 valence electrons. The zero-order chi connectivity index (χ0) is 24.5. The van der Waals surface area contributed by atoms with E-state index in [1.54, 1.807) is 11.8 Å². The molecule has 0 radical (unpaired) electrons. The Kier molecular flexibility index (Phi) is 6.51. The molecule has 2 aromatic rings. The van der Waals surface area contributed by atoms with Crippen molar-refractivity contribution in [3.05, 3.63) is 65.2 Å². The third-order valence-corrected chi connectivity index (χ3v) is 5.58. The first-order chi connectivity index (χ1) is 16.1. The minimum absolute atomic E-state index is 0.0578. The van der Waals surface area contributed by atoms with E-state index in [1.165, 1.54) is 30.3 Å². The molecule has 4 rings (SSSR count). The predicted molar refractivity (Wildman–Crippen MR) is 112 cm³/mol. The number of halogens is 4. The summed E-state index contributed by atoms with van der Waals surface area (Å²) in [5, 5.41) is 8.22. The van der Waals surface area contributed by atoms with Crippen LogP contribution in [0.25, 0.3) is 0 Å². The van der Waals surface area contributed by atoms with E-state index in [4.69, 9.17) is 4.74 Å². The van der Waals surface area contributed by atoms with E-state index < -0.39 is 35.8 Å². The quantitative estimate of drug-likeness (QED) is 0.684. The Balaban J connectivity index is 1.52. The second-order valence-electron chi connectivity index (χ2n) is 7.88. The topological polar surface area (TPSA) is 87.1 Å². The maximum absolute atomic E-state index is 13.4. The number of morpholine rings is 1. The van der Waals surface area contributed by atoms with Gasteiger partial charge in [0.1, 0.15) is 18.1 Å². The summed E-state index contributed by atoms with van der Waals surface area (Å²) in [5.41, 5.74) is 0.333. The molecule has 2 aliphatic heterocycles. The first-order valence-electron chi connectivity index (χ1n) is 10.5. The minimum Gasteiger partial charge on any atom is -0.370 e. The van der Waals surface area contributed by atoms with E-state index in [0.29, 0.717) is 30.0 Å². The maximum atomic E-state index is 13.4. The molecule has 12 heteroatoms. The number of aromatic nitrogens is 1. The fourth-order valence-corrected chi connectivity index (χ4v) is 3.76. The Labute approximate surface area is 192 Å². The van der Waals surface area contributed by atoms with E-state index >= 15 is 0 Å². The first kappa shape index (κ1) is 23.6. The summed E-state index contributed by atoms with van der Waals surface area (Å²) in [5.74, 6) is -0.688. The van der Waals surface area contributed by atoms with Crippen LogP contribution in [0.1, 0.15) is 29.8 Å². The lowest BCUT2D eigenvalue weighted by Crippen LogP contribution is -2.52. The number of alkyl halides is 3. The Morgan fingerprint density at radius 3 is 2.56 bits per heavy atom. The van der Waals surface area contributed by atoms with Gasteiger partial charge < -0.3 is 15.0 Å². The van der Waals surface area contributed by atoms with Crippen molar-refractivity contribution in [1.82, 2.24) is 20.2 Å². The SMILES string of the molecule is C[C@@H](NC(=O)N1C[C@@H](N2CCOCC2=O)C(c2ccc(F)cc2)=N1)c1ccc(C(F)(F)F)nc1. The zero-order valence-electron chi connectivity index (χ0n) is 18.1. The third kappa shape index (κ3) is 5.01. The highest BCUT2D eigenvalue weighted by Crippen LogP contribution is 2.28. The first-order valence-corrected chi connectivity index (χ1v) is 10.5. The number of carbonyl (C=O) groups is 2. The van der Waals surface area contributed by atoms with Crippen molar-refractivity contribution >= 4 is 17.6 Å². The number of pyridine rings is 1. The molecule has 0 saturated carbocycles. The minimum atomic E-state index is -4.56. The van der Waals surface area contributed by atoms with Gasteiger partial charge in [0.25, 0.3) is 0 Å². The number of urea groups is 1. The number of hydrazone groups is 1. The molecule has 3 amide bonds. The lowest BCUT2D eigenvalue weighted by Gasteiger charge is -2.32. The standard InChI is InChI=1S/C22H21F4N5O3/c1-13(15-4-7-18(27-10-15)22(24,25)26)28-21(33)31-11-17(30-8-9-34-12-19(30)32)20(29-31)14-2-5-16(23)6-3-14/h2-7,10,13,17H,8-9,11-12H2,1H3,(H,28,33)/t13-,17-/m1/s1. The lowest BCUT2D eigenvalue weighted by atomic mass is 10.0. The molecular weight excluding hydrogens is 458 g/mol. The van der Waals surface area contributed by atoms with Crippen LogP contribution in [0.2, 0.25) is 0 Å². The van der Waals surface area contributed by atoms with Crippen molar-refractivity contribution < 1.29 is 31.9 Å². The summed E-state index contributed by atoms with van der Waals surface area (Å²) in [6, 6.07) is 5.83.